The van der Waals surface area contributed by atoms with E-state index in [1.54, 1.807) is 24.5 Å². The number of hydrogen-bond acceptors (Lipinski definition) is 6. The third-order valence-corrected chi connectivity index (χ3v) is 2.91. The van der Waals surface area contributed by atoms with E-state index in [0.29, 0.717) is 19.6 Å². The lowest BCUT2D eigenvalue weighted by molar-refractivity contribution is -0.192. The number of aromatic hydroxyl groups is 1. The van der Waals surface area contributed by atoms with Crippen LogP contribution in [0.2, 0.25) is 0 Å². The molecule has 27 heavy (non-hydrogen) atoms. The van der Waals surface area contributed by atoms with Crippen LogP contribution in [0.1, 0.15) is 16.8 Å². The third kappa shape index (κ3) is 8.56. The van der Waals surface area contributed by atoms with Gasteiger partial charge in [-0.05, 0) is 30.7 Å². The van der Waals surface area contributed by atoms with Crippen LogP contribution in [0.25, 0.3) is 0 Å². The van der Waals surface area contributed by atoms with Crippen molar-refractivity contribution in [3.8, 4) is 5.75 Å². The van der Waals surface area contributed by atoms with Gasteiger partial charge in [0.2, 0.25) is 0 Å². The van der Waals surface area contributed by atoms with E-state index in [-0.39, 0.29) is 11.3 Å². The monoisotopic (exact) mass is 386 g/mol. The predicted octanol–water partition coefficient (Wildman–Crippen LogP) is 3.08. The fourth-order valence-corrected chi connectivity index (χ4v) is 1.66. The van der Waals surface area contributed by atoms with Crippen molar-refractivity contribution in [2.75, 3.05) is 18.5 Å². The molecule has 0 amide bonds. The lowest BCUT2D eigenvalue weighted by Gasteiger charge is -2.07. The number of para-hydroxylation sites is 1. The maximum atomic E-state index is 11.7. The number of benzene rings is 1. The molecule has 0 aliphatic carbocycles. The highest BCUT2D eigenvalue weighted by Crippen LogP contribution is 2.16. The van der Waals surface area contributed by atoms with E-state index in [1.165, 1.54) is 12.1 Å². The van der Waals surface area contributed by atoms with E-state index in [0.717, 1.165) is 5.69 Å². The summed E-state index contributed by atoms with van der Waals surface area (Å²) in [7, 11) is 0. The first-order valence-corrected chi connectivity index (χ1v) is 7.61. The number of carbonyl (C=O) groups is 2. The summed E-state index contributed by atoms with van der Waals surface area (Å²) in [4.78, 5) is 24.6. The fraction of sp³-hybridized carbons (Fsp3) is 0.235. The first-order valence-electron chi connectivity index (χ1n) is 7.61. The Morgan fingerprint density at radius 2 is 1.81 bits per heavy atom. The zero-order chi connectivity index (χ0) is 20.3. The van der Waals surface area contributed by atoms with Crippen molar-refractivity contribution in [3.05, 3.63) is 54.4 Å². The summed E-state index contributed by atoms with van der Waals surface area (Å²) >= 11 is 0. The number of anilines is 1. The van der Waals surface area contributed by atoms with Gasteiger partial charge in [0.05, 0.1) is 12.3 Å². The maximum Gasteiger partial charge on any atom is 0.490 e. The molecule has 0 fully saturated rings. The van der Waals surface area contributed by atoms with E-state index in [4.69, 9.17) is 14.6 Å². The summed E-state index contributed by atoms with van der Waals surface area (Å²) in [5, 5.41) is 19.8. The van der Waals surface area contributed by atoms with Crippen LogP contribution in [-0.4, -0.2) is 46.5 Å². The van der Waals surface area contributed by atoms with Gasteiger partial charge < -0.3 is 20.3 Å². The molecule has 0 saturated heterocycles. The average Bonchev–Trinajstić information content (AvgIpc) is 2.62. The van der Waals surface area contributed by atoms with Gasteiger partial charge in [-0.15, -0.1) is 0 Å². The molecule has 0 spiro atoms. The smallest absolute Gasteiger partial charge is 0.490 e. The standard InChI is InChI=1S/C15H16N2O3.C2HF3O2/c18-14-7-2-1-6-13(14)15(19)20-10-4-9-17-12-5-3-8-16-11-12;3-2(4,5)1(6)7/h1-3,5-8,11,17-18H,4,9-10H2;(H,6,7). The summed E-state index contributed by atoms with van der Waals surface area (Å²) in [6.07, 6.45) is -0.971. The number of esters is 1. The molecule has 1 aromatic heterocycles. The molecule has 10 heteroatoms. The van der Waals surface area contributed by atoms with Gasteiger partial charge in [0, 0.05) is 18.9 Å². The van der Waals surface area contributed by atoms with Gasteiger partial charge >= 0.3 is 18.1 Å². The van der Waals surface area contributed by atoms with Crippen LogP contribution >= 0.6 is 0 Å². The van der Waals surface area contributed by atoms with E-state index in [2.05, 4.69) is 10.3 Å². The number of alkyl halides is 3. The molecule has 2 rings (SSSR count). The minimum atomic E-state index is -5.08. The van der Waals surface area contributed by atoms with Crippen molar-refractivity contribution in [1.82, 2.24) is 4.98 Å². The molecule has 0 unspecified atom stereocenters. The van der Waals surface area contributed by atoms with Gasteiger partial charge in [0.15, 0.2) is 0 Å². The Labute approximate surface area is 152 Å². The molecular formula is C17H17F3N2O5. The Morgan fingerprint density at radius 1 is 1.15 bits per heavy atom. The van der Waals surface area contributed by atoms with Crippen LogP contribution in [0.5, 0.6) is 5.75 Å². The molecule has 1 heterocycles. The van der Waals surface area contributed by atoms with Crippen molar-refractivity contribution in [3.63, 3.8) is 0 Å². The lowest BCUT2D eigenvalue weighted by atomic mass is 10.2. The second-order valence-electron chi connectivity index (χ2n) is 4.98. The first-order chi connectivity index (χ1) is 12.7. The van der Waals surface area contributed by atoms with Gasteiger partial charge in [-0.2, -0.15) is 13.2 Å². The third-order valence-electron chi connectivity index (χ3n) is 2.91. The van der Waals surface area contributed by atoms with Crippen molar-refractivity contribution >= 4 is 17.6 Å². The van der Waals surface area contributed by atoms with Crippen molar-refractivity contribution in [1.29, 1.82) is 0 Å². The Hall–Kier alpha value is -3.30. The molecule has 1 aromatic carbocycles. The zero-order valence-electron chi connectivity index (χ0n) is 13.9. The van der Waals surface area contributed by atoms with Crippen molar-refractivity contribution < 1.29 is 37.7 Å². The van der Waals surface area contributed by atoms with Crippen LogP contribution in [0.3, 0.4) is 0 Å². The highest BCUT2D eigenvalue weighted by molar-refractivity contribution is 5.92. The number of carboxylic acids is 1. The average molecular weight is 386 g/mol. The number of phenolic OH excluding ortho intramolecular Hbond substituents is 1. The molecule has 146 valence electrons. The zero-order valence-corrected chi connectivity index (χ0v) is 13.9. The minimum absolute atomic E-state index is 0.0639. The number of nitrogens with zero attached hydrogens (tertiary/aromatic N) is 1. The highest BCUT2D eigenvalue weighted by Gasteiger charge is 2.38. The number of halogens is 3. The molecular weight excluding hydrogens is 369 g/mol. The Kier molecular flexibility index (Phi) is 8.57. The summed E-state index contributed by atoms with van der Waals surface area (Å²) in [6, 6.07) is 10.1. The molecule has 0 aliphatic rings. The maximum absolute atomic E-state index is 11.7. The molecule has 0 aliphatic heterocycles. The van der Waals surface area contributed by atoms with Crippen LogP contribution in [-0.2, 0) is 9.53 Å². The Morgan fingerprint density at radius 3 is 2.37 bits per heavy atom. The van der Waals surface area contributed by atoms with E-state index in [9.17, 15) is 23.1 Å². The normalized spacial score (nSPS) is 10.3. The predicted molar refractivity (Wildman–Crippen MR) is 89.4 cm³/mol. The van der Waals surface area contributed by atoms with Gasteiger partial charge in [-0.25, -0.2) is 9.59 Å². The quantitative estimate of drug-likeness (QED) is 0.517. The van der Waals surface area contributed by atoms with Crippen LogP contribution in [0.4, 0.5) is 18.9 Å². The van der Waals surface area contributed by atoms with Crippen LogP contribution in [0, 0.1) is 0 Å². The second kappa shape index (κ2) is 10.6. The number of aliphatic carboxylic acids is 1. The SMILES string of the molecule is O=C(O)C(F)(F)F.O=C(OCCCNc1cccnc1)c1ccccc1O. The van der Waals surface area contributed by atoms with Crippen LogP contribution < -0.4 is 5.32 Å². The van der Waals surface area contributed by atoms with Crippen LogP contribution in [0.15, 0.2) is 48.8 Å². The summed E-state index contributed by atoms with van der Waals surface area (Å²) in [5.41, 5.74) is 1.12. The van der Waals surface area contributed by atoms with Gasteiger partial charge in [-0.1, -0.05) is 12.1 Å². The fourth-order valence-electron chi connectivity index (χ4n) is 1.66. The molecule has 0 radical (unpaired) electrons. The number of phenols is 1. The van der Waals surface area contributed by atoms with E-state index >= 15 is 0 Å². The summed E-state index contributed by atoms with van der Waals surface area (Å²) < 4.78 is 36.8. The molecule has 0 bridgehead atoms. The van der Waals surface area contributed by atoms with Gasteiger partial charge in [-0.3, -0.25) is 4.98 Å². The number of carboxylic acid groups (broad SMARTS) is 1. The Bertz CT molecular complexity index is 739. The highest BCUT2D eigenvalue weighted by atomic mass is 19.4. The van der Waals surface area contributed by atoms with Crippen molar-refractivity contribution in [2.24, 2.45) is 0 Å². The molecule has 2 aromatic rings. The molecule has 0 atom stereocenters. The number of hydrogen-bond donors (Lipinski definition) is 3. The van der Waals surface area contributed by atoms with E-state index in [1.807, 2.05) is 12.1 Å². The van der Waals surface area contributed by atoms with Gasteiger partial charge in [0.25, 0.3) is 0 Å². The number of carbonyl (C=O) groups excluding carboxylic acids is 1. The van der Waals surface area contributed by atoms with Gasteiger partial charge in [0.1, 0.15) is 11.3 Å². The topological polar surface area (TPSA) is 109 Å². The second-order valence-corrected chi connectivity index (χ2v) is 4.98. The number of pyridine rings is 1. The summed E-state index contributed by atoms with van der Waals surface area (Å²) in [5.74, 6) is -3.33. The number of ether oxygens (including phenoxy) is 1. The molecule has 7 nitrogen and oxygen atoms in total. The van der Waals surface area contributed by atoms with Crippen molar-refractivity contribution in [2.45, 2.75) is 12.6 Å². The minimum Gasteiger partial charge on any atom is -0.507 e. The largest absolute Gasteiger partial charge is 0.507 e. The molecule has 0 saturated carbocycles. The summed E-state index contributed by atoms with van der Waals surface area (Å²) in [6.45, 7) is 0.972. The molecule has 3 N–H and O–H groups in total. The van der Waals surface area contributed by atoms with E-state index < -0.39 is 18.1 Å². The number of nitrogens with one attached hydrogen (secondary N) is 1. The number of rotatable bonds is 6. The lowest BCUT2D eigenvalue weighted by Crippen LogP contribution is -2.21. The number of aromatic nitrogens is 1. The first kappa shape index (κ1) is 21.7. The Balaban J connectivity index is 0.000000445.